The van der Waals surface area contributed by atoms with E-state index >= 15 is 0 Å². The average Bonchev–Trinajstić information content (AvgIpc) is 3.37. The average molecular weight is 377 g/mol. The lowest BCUT2D eigenvalue weighted by atomic mass is 10.2. The Bertz CT molecular complexity index is 957. The number of anilines is 1. The molecule has 4 heterocycles. The van der Waals surface area contributed by atoms with E-state index in [4.69, 9.17) is 0 Å². The summed E-state index contributed by atoms with van der Waals surface area (Å²) in [6, 6.07) is 1.85. The number of aromatic nitrogens is 5. The zero-order chi connectivity index (χ0) is 19.5. The van der Waals surface area contributed by atoms with Crippen LogP contribution in [-0.2, 0) is 13.6 Å². The van der Waals surface area contributed by atoms with E-state index in [2.05, 4.69) is 30.2 Å². The molecule has 144 valence electrons. The van der Waals surface area contributed by atoms with Gasteiger partial charge in [-0.2, -0.15) is 0 Å². The first-order valence-corrected chi connectivity index (χ1v) is 9.39. The zero-order valence-electron chi connectivity index (χ0n) is 16.1. The van der Waals surface area contributed by atoms with Crippen molar-refractivity contribution in [2.75, 3.05) is 18.0 Å². The smallest absolute Gasteiger partial charge is 0.268 e. The molecule has 0 spiro atoms. The maximum atomic E-state index is 12.6. The molecule has 0 aromatic carbocycles. The van der Waals surface area contributed by atoms with Gasteiger partial charge in [-0.3, -0.25) is 14.8 Å². The Labute approximate surface area is 163 Å². The molecule has 1 amide bonds. The van der Waals surface area contributed by atoms with Crippen LogP contribution in [0.1, 0.15) is 34.7 Å². The van der Waals surface area contributed by atoms with Crippen LogP contribution in [0.2, 0.25) is 0 Å². The number of carbonyl (C=O) groups is 1. The van der Waals surface area contributed by atoms with Gasteiger partial charge in [0.1, 0.15) is 5.69 Å². The van der Waals surface area contributed by atoms with E-state index in [0.717, 1.165) is 41.6 Å². The topological polar surface area (TPSA) is 88.8 Å². The van der Waals surface area contributed by atoms with Crippen molar-refractivity contribution in [1.29, 1.82) is 0 Å². The second-order valence-electron chi connectivity index (χ2n) is 7.02. The summed E-state index contributed by atoms with van der Waals surface area (Å²) < 4.78 is 1.81. The maximum absolute atomic E-state index is 12.6. The van der Waals surface area contributed by atoms with Crippen LogP contribution in [0.15, 0.2) is 37.1 Å². The van der Waals surface area contributed by atoms with Crippen molar-refractivity contribution in [2.45, 2.75) is 26.3 Å². The first-order valence-electron chi connectivity index (χ1n) is 9.39. The third-order valence-electron chi connectivity index (χ3n) is 4.86. The molecule has 0 unspecified atom stereocenters. The predicted molar refractivity (Wildman–Crippen MR) is 106 cm³/mol. The van der Waals surface area contributed by atoms with Gasteiger partial charge >= 0.3 is 0 Å². The van der Waals surface area contributed by atoms with Gasteiger partial charge in [0, 0.05) is 56.1 Å². The molecule has 0 radical (unpaired) electrons. The fourth-order valence-corrected chi connectivity index (χ4v) is 3.27. The molecular weight excluding hydrogens is 354 g/mol. The van der Waals surface area contributed by atoms with Crippen LogP contribution in [-0.4, -0.2) is 43.5 Å². The van der Waals surface area contributed by atoms with E-state index < -0.39 is 0 Å². The van der Waals surface area contributed by atoms with E-state index in [-0.39, 0.29) is 5.91 Å². The summed E-state index contributed by atoms with van der Waals surface area (Å²) in [7, 11) is 1.85. The molecule has 3 aromatic heterocycles. The number of rotatable bonds is 5. The fourth-order valence-electron chi connectivity index (χ4n) is 3.27. The third-order valence-corrected chi connectivity index (χ3v) is 4.86. The Morgan fingerprint density at radius 1 is 1.04 bits per heavy atom. The summed E-state index contributed by atoms with van der Waals surface area (Å²) in [5.74, 6) is 0.611. The molecular formula is C20H23N7O. The molecule has 0 atom stereocenters. The first kappa shape index (κ1) is 18.1. The number of amides is 1. The van der Waals surface area contributed by atoms with Crippen molar-refractivity contribution in [2.24, 2.45) is 7.05 Å². The molecule has 1 saturated heterocycles. The Hall–Kier alpha value is -3.29. The molecule has 1 aliphatic rings. The normalized spacial score (nSPS) is 13.7. The van der Waals surface area contributed by atoms with Crippen LogP contribution in [0.4, 0.5) is 5.95 Å². The molecule has 0 aliphatic carbocycles. The molecule has 0 saturated carbocycles. The molecule has 1 aliphatic heterocycles. The van der Waals surface area contributed by atoms with Crippen molar-refractivity contribution in [3.05, 3.63) is 54.1 Å². The van der Waals surface area contributed by atoms with Crippen LogP contribution < -0.4 is 10.2 Å². The van der Waals surface area contributed by atoms with Crippen LogP contribution in [0.5, 0.6) is 0 Å². The first-order chi connectivity index (χ1) is 13.6. The lowest BCUT2D eigenvalue weighted by Crippen LogP contribution is -2.25. The largest absolute Gasteiger partial charge is 0.346 e. The van der Waals surface area contributed by atoms with E-state index in [0.29, 0.717) is 12.2 Å². The van der Waals surface area contributed by atoms with E-state index in [9.17, 15) is 4.79 Å². The second-order valence-corrected chi connectivity index (χ2v) is 7.02. The molecule has 8 heteroatoms. The number of nitrogens with one attached hydrogen (secondary N) is 1. The zero-order valence-corrected chi connectivity index (χ0v) is 16.1. The molecule has 28 heavy (non-hydrogen) atoms. The molecule has 0 bridgehead atoms. The van der Waals surface area contributed by atoms with Crippen molar-refractivity contribution < 1.29 is 4.79 Å². The van der Waals surface area contributed by atoms with Gasteiger partial charge in [0.15, 0.2) is 0 Å². The van der Waals surface area contributed by atoms with Crippen LogP contribution in [0.25, 0.3) is 11.1 Å². The fraction of sp³-hybridized carbons (Fsp3) is 0.350. The highest BCUT2D eigenvalue weighted by Crippen LogP contribution is 2.22. The van der Waals surface area contributed by atoms with Gasteiger partial charge in [0.05, 0.1) is 24.1 Å². The highest BCUT2D eigenvalue weighted by molar-refractivity contribution is 5.94. The van der Waals surface area contributed by atoms with Crippen molar-refractivity contribution in [3.8, 4) is 11.1 Å². The molecule has 3 aromatic rings. The van der Waals surface area contributed by atoms with Gasteiger partial charge in [0.2, 0.25) is 5.95 Å². The van der Waals surface area contributed by atoms with Crippen LogP contribution in [0, 0.1) is 6.92 Å². The standard InChI is InChI=1S/C20H23N7O/c1-14-8-22-17(11-21-14)12-23-19(28)18-7-15(13-26(18)2)16-9-24-20(25-10-16)27-5-3-4-6-27/h7-11,13H,3-6,12H2,1-2H3,(H,23,28). The summed E-state index contributed by atoms with van der Waals surface area (Å²) in [5.41, 5.74) is 3.94. The summed E-state index contributed by atoms with van der Waals surface area (Å²) in [6.45, 7) is 4.24. The highest BCUT2D eigenvalue weighted by Gasteiger charge is 2.16. The van der Waals surface area contributed by atoms with Crippen molar-refractivity contribution in [3.63, 3.8) is 0 Å². The van der Waals surface area contributed by atoms with Gasteiger partial charge in [0.25, 0.3) is 5.91 Å². The van der Waals surface area contributed by atoms with Gasteiger partial charge in [-0.15, -0.1) is 0 Å². The lowest BCUT2D eigenvalue weighted by Gasteiger charge is -2.14. The number of carbonyl (C=O) groups excluding carboxylic acids is 1. The van der Waals surface area contributed by atoms with Crippen molar-refractivity contribution in [1.82, 2.24) is 29.8 Å². The quantitative estimate of drug-likeness (QED) is 0.733. The summed E-state index contributed by atoms with van der Waals surface area (Å²) in [4.78, 5) is 32.2. The van der Waals surface area contributed by atoms with Crippen molar-refractivity contribution >= 4 is 11.9 Å². The molecule has 8 nitrogen and oxygen atoms in total. The lowest BCUT2D eigenvalue weighted by molar-refractivity contribution is 0.0942. The molecule has 1 N–H and O–H groups in total. The number of hydrogen-bond donors (Lipinski definition) is 1. The molecule has 1 fully saturated rings. The van der Waals surface area contributed by atoms with Gasteiger partial charge in [-0.25, -0.2) is 9.97 Å². The van der Waals surface area contributed by atoms with Crippen LogP contribution >= 0.6 is 0 Å². The van der Waals surface area contributed by atoms with Gasteiger partial charge < -0.3 is 14.8 Å². The maximum Gasteiger partial charge on any atom is 0.268 e. The molecule has 4 rings (SSSR count). The number of aryl methyl sites for hydroxylation is 2. The van der Waals surface area contributed by atoms with Crippen LogP contribution in [0.3, 0.4) is 0 Å². The summed E-state index contributed by atoms with van der Waals surface area (Å²) in [6.07, 6.45) is 11.3. The second kappa shape index (κ2) is 7.75. The minimum atomic E-state index is -0.161. The Morgan fingerprint density at radius 2 is 1.79 bits per heavy atom. The Kier molecular flexibility index (Phi) is 5.01. The predicted octanol–water partition coefficient (Wildman–Crippen LogP) is 2.11. The third kappa shape index (κ3) is 3.85. The van der Waals surface area contributed by atoms with E-state index in [1.54, 1.807) is 17.0 Å². The van der Waals surface area contributed by atoms with E-state index in [1.807, 2.05) is 38.6 Å². The minimum absolute atomic E-state index is 0.161. The van der Waals surface area contributed by atoms with Gasteiger partial charge in [-0.1, -0.05) is 0 Å². The number of nitrogens with zero attached hydrogens (tertiary/aromatic N) is 6. The monoisotopic (exact) mass is 377 g/mol. The highest BCUT2D eigenvalue weighted by atomic mass is 16.1. The minimum Gasteiger partial charge on any atom is -0.346 e. The number of hydrogen-bond acceptors (Lipinski definition) is 6. The SMILES string of the molecule is Cc1cnc(CNC(=O)c2cc(-c3cnc(N4CCCC4)nc3)cn2C)cn1. The summed E-state index contributed by atoms with van der Waals surface area (Å²) in [5, 5.41) is 2.89. The van der Waals surface area contributed by atoms with E-state index in [1.165, 1.54) is 12.8 Å². The Morgan fingerprint density at radius 3 is 2.46 bits per heavy atom. The Balaban J connectivity index is 1.45. The summed E-state index contributed by atoms with van der Waals surface area (Å²) >= 11 is 0. The van der Waals surface area contributed by atoms with Gasteiger partial charge in [-0.05, 0) is 25.8 Å².